The highest BCUT2D eigenvalue weighted by Crippen LogP contribution is 2.33. The molecule has 0 unspecified atom stereocenters. The number of β-amino-alcohol motifs (C(OH)–C–C–N with tert-alkyl or cyclic N) is 1. The average molecular weight is 552 g/mol. The first kappa shape index (κ1) is 25.6. The number of halogens is 3. The van der Waals surface area contributed by atoms with Crippen molar-refractivity contribution in [3.63, 3.8) is 0 Å². The summed E-state index contributed by atoms with van der Waals surface area (Å²) in [5.74, 6) is -1.78. The van der Waals surface area contributed by atoms with Crippen LogP contribution in [-0.2, 0) is 0 Å². The number of alkyl halides is 1. The van der Waals surface area contributed by atoms with E-state index in [-0.39, 0.29) is 13.2 Å². The molecule has 6 rings (SSSR count). The fraction of sp³-hybridized carbons (Fsp3) is 0.259. The maximum atomic E-state index is 14.0. The van der Waals surface area contributed by atoms with Crippen LogP contribution >= 0.6 is 0 Å². The van der Waals surface area contributed by atoms with Crippen molar-refractivity contribution in [1.82, 2.24) is 30.1 Å². The Balaban J connectivity index is 1.20. The molecular weight excluding hydrogens is 527 g/mol. The highest BCUT2D eigenvalue weighted by Gasteiger charge is 2.31. The number of H-pyrrole nitrogens is 1. The molecule has 40 heavy (non-hydrogen) atoms. The lowest BCUT2D eigenvalue weighted by Gasteiger charge is -2.37. The number of fused-ring (bicyclic) bond motifs is 3. The van der Waals surface area contributed by atoms with Crippen molar-refractivity contribution < 1.29 is 27.8 Å². The molecule has 206 valence electrons. The molecule has 13 heteroatoms. The number of aromatic nitrogens is 5. The number of piperidine rings is 1. The first-order valence-corrected chi connectivity index (χ1v) is 12.6. The lowest BCUT2D eigenvalue weighted by atomic mass is 10.0. The Bertz CT molecular complexity index is 1670. The van der Waals surface area contributed by atoms with Crippen LogP contribution < -0.4 is 15.0 Å². The summed E-state index contributed by atoms with van der Waals surface area (Å²) in [6.07, 6.45) is 4.39. The van der Waals surface area contributed by atoms with Gasteiger partial charge in [0.25, 0.3) is 5.91 Å². The van der Waals surface area contributed by atoms with Crippen LogP contribution in [0.1, 0.15) is 16.8 Å². The van der Waals surface area contributed by atoms with Crippen molar-refractivity contribution >= 4 is 28.3 Å². The Morgan fingerprint density at radius 2 is 2.02 bits per heavy atom. The van der Waals surface area contributed by atoms with Gasteiger partial charge in [-0.2, -0.15) is 5.10 Å². The molecule has 0 bridgehead atoms. The van der Waals surface area contributed by atoms with Crippen LogP contribution in [0.4, 0.5) is 19.0 Å². The molecule has 1 aromatic carbocycles. The summed E-state index contributed by atoms with van der Waals surface area (Å²) < 4.78 is 47.9. The average Bonchev–Trinajstić information content (AvgIpc) is 3.54. The molecule has 3 N–H and O–H groups in total. The molecule has 1 saturated heterocycles. The number of nitrogens with one attached hydrogen (secondary N) is 2. The maximum absolute atomic E-state index is 14.0. The van der Waals surface area contributed by atoms with Gasteiger partial charge in [-0.3, -0.25) is 9.89 Å². The lowest BCUT2D eigenvalue weighted by molar-refractivity contribution is 0.0790. The van der Waals surface area contributed by atoms with Crippen molar-refractivity contribution in [2.75, 3.05) is 31.3 Å². The molecule has 0 radical (unpaired) electrons. The van der Waals surface area contributed by atoms with E-state index in [1.54, 1.807) is 29.2 Å². The van der Waals surface area contributed by atoms with Gasteiger partial charge in [-0.15, -0.1) is 5.10 Å². The Morgan fingerprint density at radius 1 is 1.20 bits per heavy atom. The van der Waals surface area contributed by atoms with Gasteiger partial charge in [-0.1, -0.05) is 6.07 Å². The molecule has 4 aromatic heterocycles. The summed E-state index contributed by atoms with van der Waals surface area (Å²) in [5.41, 5.74) is 2.23. The summed E-state index contributed by atoms with van der Waals surface area (Å²) in [7, 11) is 0. The van der Waals surface area contributed by atoms with Crippen molar-refractivity contribution in [1.29, 1.82) is 0 Å². The number of pyridine rings is 2. The highest BCUT2D eigenvalue weighted by atomic mass is 19.1. The van der Waals surface area contributed by atoms with Crippen molar-refractivity contribution in [2.24, 2.45) is 0 Å². The van der Waals surface area contributed by atoms with Gasteiger partial charge < -0.3 is 20.1 Å². The van der Waals surface area contributed by atoms with E-state index in [1.807, 2.05) is 17.0 Å². The summed E-state index contributed by atoms with van der Waals surface area (Å²) in [6, 6.07) is 8.00. The topological polar surface area (TPSA) is 121 Å². The van der Waals surface area contributed by atoms with Crippen LogP contribution in [0, 0.1) is 11.6 Å². The number of hydrogen-bond donors (Lipinski definition) is 3. The third-order valence-corrected chi connectivity index (χ3v) is 6.92. The number of nitrogens with zero attached hydrogens (tertiary/aromatic N) is 5. The molecule has 0 aliphatic carbocycles. The number of hydrogen-bond acceptors (Lipinski definition) is 7. The number of carbonyl (C=O) groups excluding carboxylic acids is 1. The van der Waals surface area contributed by atoms with Crippen LogP contribution in [0.3, 0.4) is 0 Å². The largest absolute Gasteiger partial charge is 0.489 e. The summed E-state index contributed by atoms with van der Waals surface area (Å²) in [5, 5.41) is 25.5. The first-order chi connectivity index (χ1) is 19.4. The second-order valence-electron chi connectivity index (χ2n) is 9.44. The van der Waals surface area contributed by atoms with Crippen molar-refractivity contribution in [3.8, 4) is 16.9 Å². The molecular formula is C27H24F3N7O3. The Labute approximate surface area is 225 Å². The number of amides is 1. The standard InChI is InChI=1S/C27H24F3N7O3/c28-7-9-40-16-10-17(25-18-12-32-34-26(18)35-37(25)13-16)15-4-5-23(31-11-15)36-8-6-21(22(38)14-36)33-27(39)24-19(29)2-1-3-20(24)30/h1-5,10-13,21-22,38H,6-9,14H2,(H,33,39)(H,34,35)/t21-,22-/m0/s1. The number of rotatable bonds is 7. The van der Waals surface area contributed by atoms with E-state index in [0.29, 0.717) is 30.2 Å². The Morgan fingerprint density at radius 3 is 2.75 bits per heavy atom. The molecule has 0 spiro atoms. The summed E-state index contributed by atoms with van der Waals surface area (Å²) in [6.45, 7) is -0.105. The lowest BCUT2D eigenvalue weighted by Crippen LogP contribution is -2.54. The SMILES string of the molecule is O=C(N[C@H]1CCN(c2ccc(-c3cc(OCCF)cn4nc5[nH]ncc5c34)cn2)C[C@@H]1O)c1c(F)cccc1F. The molecule has 1 aliphatic rings. The molecule has 5 heterocycles. The zero-order valence-electron chi connectivity index (χ0n) is 21.0. The van der Waals surface area contributed by atoms with E-state index >= 15 is 0 Å². The van der Waals surface area contributed by atoms with Gasteiger partial charge in [0.05, 0.1) is 35.4 Å². The monoisotopic (exact) mass is 551 g/mol. The van der Waals surface area contributed by atoms with Gasteiger partial charge in [0.15, 0.2) is 5.65 Å². The second-order valence-corrected chi connectivity index (χ2v) is 9.44. The third kappa shape index (κ3) is 4.68. The number of aliphatic hydroxyl groups is 1. The minimum atomic E-state index is -0.987. The van der Waals surface area contributed by atoms with E-state index in [1.165, 1.54) is 6.07 Å². The molecule has 0 saturated carbocycles. The first-order valence-electron chi connectivity index (χ1n) is 12.6. The van der Waals surface area contributed by atoms with E-state index in [4.69, 9.17) is 4.74 Å². The van der Waals surface area contributed by atoms with Crippen molar-refractivity contribution in [3.05, 3.63) is 72.2 Å². The Hall–Kier alpha value is -4.65. The van der Waals surface area contributed by atoms with Crippen LogP contribution in [0.15, 0.2) is 55.0 Å². The zero-order chi connectivity index (χ0) is 27.8. The van der Waals surface area contributed by atoms with Crippen LogP contribution in [-0.4, -0.2) is 74.3 Å². The molecule has 1 fully saturated rings. The minimum Gasteiger partial charge on any atom is -0.489 e. The third-order valence-electron chi connectivity index (χ3n) is 6.92. The van der Waals surface area contributed by atoms with Gasteiger partial charge >= 0.3 is 0 Å². The summed E-state index contributed by atoms with van der Waals surface area (Å²) in [4.78, 5) is 18.9. The highest BCUT2D eigenvalue weighted by molar-refractivity contribution is 6.01. The molecule has 2 atom stereocenters. The van der Waals surface area contributed by atoms with Gasteiger partial charge in [-0.25, -0.2) is 22.7 Å². The zero-order valence-corrected chi connectivity index (χ0v) is 21.0. The quantitative estimate of drug-likeness (QED) is 0.284. The van der Waals surface area contributed by atoms with Gasteiger partial charge in [0.2, 0.25) is 0 Å². The number of anilines is 1. The van der Waals surface area contributed by atoms with Crippen LogP contribution in [0.2, 0.25) is 0 Å². The predicted molar refractivity (Wildman–Crippen MR) is 140 cm³/mol. The van der Waals surface area contributed by atoms with E-state index in [2.05, 4.69) is 25.6 Å². The van der Waals surface area contributed by atoms with Gasteiger partial charge in [0.1, 0.15) is 42.0 Å². The maximum Gasteiger partial charge on any atom is 0.257 e. The molecule has 5 aromatic rings. The summed E-state index contributed by atoms with van der Waals surface area (Å²) >= 11 is 0. The van der Waals surface area contributed by atoms with E-state index in [9.17, 15) is 23.1 Å². The number of aliphatic hydroxyl groups excluding tert-OH is 1. The minimum absolute atomic E-state index is 0.0865. The van der Waals surface area contributed by atoms with E-state index < -0.39 is 41.9 Å². The molecule has 1 aliphatic heterocycles. The predicted octanol–water partition coefficient (Wildman–Crippen LogP) is 3.27. The van der Waals surface area contributed by atoms with E-state index in [0.717, 1.165) is 34.2 Å². The Kier molecular flexibility index (Phi) is 6.72. The fourth-order valence-corrected chi connectivity index (χ4v) is 4.99. The van der Waals surface area contributed by atoms with Gasteiger partial charge in [-0.05, 0) is 36.8 Å². The van der Waals surface area contributed by atoms with Crippen LogP contribution in [0.25, 0.3) is 27.7 Å². The van der Waals surface area contributed by atoms with Crippen LogP contribution in [0.5, 0.6) is 5.75 Å². The number of aromatic amines is 1. The molecule has 10 nitrogen and oxygen atoms in total. The second kappa shape index (κ2) is 10.5. The van der Waals surface area contributed by atoms with Gasteiger partial charge in [0, 0.05) is 30.4 Å². The number of carbonyl (C=O) groups is 1. The normalized spacial score (nSPS) is 17.4. The smallest absolute Gasteiger partial charge is 0.257 e. The number of benzene rings is 1. The molecule has 1 amide bonds. The number of ether oxygens (including phenoxy) is 1. The fourth-order valence-electron chi connectivity index (χ4n) is 4.99. The van der Waals surface area contributed by atoms with Crippen molar-refractivity contribution in [2.45, 2.75) is 18.6 Å².